The average Bonchev–Trinajstić information content (AvgIpc) is 3.54. The van der Waals surface area contributed by atoms with E-state index in [2.05, 4.69) is 48.1 Å². The number of nitrogens with zero attached hydrogens (tertiary/aromatic N) is 8. The predicted molar refractivity (Wildman–Crippen MR) is 153 cm³/mol. The standard InChI is InChI=1S/C29H36N10O2/c1-29(2,3)39-17-26(35-36-39)27(41)33-25-8-10-38(21-12-22(40)13-21)15-19-11-18(5-6-23(19)25)24-7-9-30-28(34-24)32-20-14-31-37(4)16-20/h5-7,9,11,14,16-17,21-22,25,40H,8,10,12-13,15H2,1-4H3,(H,33,41)(H,30,32,34)/t21?,22?,25-/m0/s1. The molecule has 1 atom stereocenters. The third kappa shape index (κ3) is 5.84. The predicted octanol–water partition coefficient (Wildman–Crippen LogP) is 3.17. The highest BCUT2D eigenvalue weighted by atomic mass is 16.3. The molecule has 0 unspecified atom stereocenters. The zero-order valence-corrected chi connectivity index (χ0v) is 23.8. The lowest BCUT2D eigenvalue weighted by atomic mass is 9.88. The second kappa shape index (κ2) is 10.7. The molecule has 1 fully saturated rings. The van der Waals surface area contributed by atoms with Crippen molar-refractivity contribution >= 4 is 17.5 Å². The van der Waals surface area contributed by atoms with Crippen LogP contribution in [0.25, 0.3) is 11.3 Å². The lowest BCUT2D eigenvalue weighted by Crippen LogP contribution is -2.47. The number of fused-ring (bicyclic) bond motifs is 1. The van der Waals surface area contributed by atoms with Gasteiger partial charge in [0.1, 0.15) is 0 Å². The lowest BCUT2D eigenvalue weighted by molar-refractivity contribution is -0.00199. The molecule has 6 rings (SSSR count). The van der Waals surface area contributed by atoms with Gasteiger partial charge in [0.15, 0.2) is 5.69 Å². The van der Waals surface area contributed by atoms with Gasteiger partial charge in [0.2, 0.25) is 5.95 Å². The summed E-state index contributed by atoms with van der Waals surface area (Å²) in [4.78, 5) is 24.8. The highest BCUT2D eigenvalue weighted by Crippen LogP contribution is 2.35. The molecule has 0 spiro atoms. The SMILES string of the molecule is Cn1cc(Nc2nccc(-c3ccc4c(c3)CN(C3CC(O)C3)CC[C@@H]4NC(=O)c3cn(C(C)(C)C)nn3)n2)cn1. The molecule has 0 saturated heterocycles. The van der Waals surface area contributed by atoms with Gasteiger partial charge in [-0.25, -0.2) is 14.6 Å². The fraction of sp³-hybridized carbons (Fsp3) is 0.448. The Bertz CT molecular complexity index is 1550. The van der Waals surface area contributed by atoms with Gasteiger partial charge in [0.05, 0.1) is 41.5 Å². The summed E-state index contributed by atoms with van der Waals surface area (Å²) in [5, 5.41) is 28.9. The Hall–Kier alpha value is -4.16. The Morgan fingerprint density at radius 2 is 1.98 bits per heavy atom. The van der Waals surface area contributed by atoms with Crippen LogP contribution in [0.1, 0.15) is 67.7 Å². The molecular weight excluding hydrogens is 520 g/mol. The highest BCUT2D eigenvalue weighted by molar-refractivity contribution is 5.92. The second-order valence-corrected chi connectivity index (χ2v) is 12.0. The highest BCUT2D eigenvalue weighted by Gasteiger charge is 2.35. The number of hydrogen-bond donors (Lipinski definition) is 3. The van der Waals surface area contributed by atoms with Gasteiger partial charge in [-0.15, -0.1) is 5.10 Å². The molecule has 214 valence electrons. The number of rotatable bonds is 6. The van der Waals surface area contributed by atoms with Crippen molar-refractivity contribution in [2.24, 2.45) is 7.05 Å². The summed E-state index contributed by atoms with van der Waals surface area (Å²) < 4.78 is 3.42. The first-order valence-electron chi connectivity index (χ1n) is 14.0. The number of benzene rings is 1. The summed E-state index contributed by atoms with van der Waals surface area (Å²) in [6.45, 7) is 7.60. The van der Waals surface area contributed by atoms with E-state index < -0.39 is 0 Å². The topological polar surface area (TPSA) is 139 Å². The molecule has 12 nitrogen and oxygen atoms in total. The molecule has 1 aliphatic heterocycles. The Morgan fingerprint density at radius 1 is 1.15 bits per heavy atom. The van der Waals surface area contributed by atoms with Crippen molar-refractivity contribution in [3.05, 3.63) is 65.9 Å². The van der Waals surface area contributed by atoms with Crippen molar-refractivity contribution in [2.45, 2.75) is 70.3 Å². The number of nitrogens with one attached hydrogen (secondary N) is 2. The molecule has 4 heterocycles. The lowest BCUT2D eigenvalue weighted by Gasteiger charge is -2.40. The summed E-state index contributed by atoms with van der Waals surface area (Å²) in [6, 6.07) is 8.34. The number of aromatic nitrogens is 7. The fourth-order valence-corrected chi connectivity index (χ4v) is 5.43. The first kappa shape index (κ1) is 27.0. The van der Waals surface area contributed by atoms with E-state index >= 15 is 0 Å². The van der Waals surface area contributed by atoms with Crippen LogP contribution >= 0.6 is 0 Å². The minimum atomic E-state index is -0.265. The molecule has 2 aliphatic rings. The Balaban J connectivity index is 1.28. The molecule has 12 heteroatoms. The van der Waals surface area contributed by atoms with Crippen LogP contribution in [0.5, 0.6) is 0 Å². The molecule has 3 N–H and O–H groups in total. The maximum Gasteiger partial charge on any atom is 0.273 e. The minimum absolute atomic E-state index is 0.186. The fourth-order valence-electron chi connectivity index (χ4n) is 5.43. The molecule has 1 aromatic carbocycles. The molecule has 3 aromatic heterocycles. The van der Waals surface area contributed by atoms with Crippen LogP contribution in [0.2, 0.25) is 0 Å². The van der Waals surface area contributed by atoms with E-state index in [1.807, 2.05) is 46.1 Å². The third-order valence-corrected chi connectivity index (χ3v) is 7.83. The van der Waals surface area contributed by atoms with Gasteiger partial charge in [-0.2, -0.15) is 5.10 Å². The number of carbonyl (C=O) groups is 1. The summed E-state index contributed by atoms with van der Waals surface area (Å²) in [5.74, 6) is 0.249. The molecule has 1 amide bonds. The summed E-state index contributed by atoms with van der Waals surface area (Å²) >= 11 is 0. The van der Waals surface area contributed by atoms with E-state index in [9.17, 15) is 9.90 Å². The van der Waals surface area contributed by atoms with Crippen LogP contribution in [0, 0.1) is 0 Å². The maximum atomic E-state index is 13.3. The average molecular weight is 557 g/mol. The van der Waals surface area contributed by atoms with Crippen LogP contribution in [-0.4, -0.2) is 69.3 Å². The van der Waals surface area contributed by atoms with Crippen molar-refractivity contribution in [1.29, 1.82) is 0 Å². The van der Waals surface area contributed by atoms with Crippen molar-refractivity contribution in [1.82, 2.24) is 45.0 Å². The van der Waals surface area contributed by atoms with Crippen molar-refractivity contribution in [3.8, 4) is 11.3 Å². The van der Waals surface area contributed by atoms with E-state index in [1.165, 1.54) is 0 Å². The first-order valence-corrected chi connectivity index (χ1v) is 14.0. The largest absolute Gasteiger partial charge is 0.393 e. The summed E-state index contributed by atoms with van der Waals surface area (Å²) in [6.07, 6.45) is 9.10. The normalized spacial score (nSPS) is 21.0. The molecule has 0 bridgehead atoms. The zero-order valence-electron chi connectivity index (χ0n) is 23.8. The van der Waals surface area contributed by atoms with Crippen molar-refractivity contribution < 1.29 is 9.90 Å². The number of anilines is 2. The van der Waals surface area contributed by atoms with Gasteiger partial charge >= 0.3 is 0 Å². The molecule has 4 aromatic rings. The Morgan fingerprint density at radius 3 is 2.68 bits per heavy atom. The van der Waals surface area contributed by atoms with Gasteiger partial charge in [-0.05, 0) is 63.3 Å². The quantitative estimate of drug-likeness (QED) is 0.327. The van der Waals surface area contributed by atoms with Crippen molar-refractivity contribution in [2.75, 3.05) is 11.9 Å². The van der Waals surface area contributed by atoms with Gasteiger partial charge in [0.25, 0.3) is 5.91 Å². The zero-order chi connectivity index (χ0) is 28.7. The van der Waals surface area contributed by atoms with Gasteiger partial charge in [0, 0.05) is 44.1 Å². The number of aryl methyl sites for hydroxylation is 1. The number of amides is 1. The van der Waals surface area contributed by atoms with Crippen LogP contribution in [-0.2, 0) is 19.1 Å². The number of carbonyl (C=O) groups excluding carboxylic acids is 1. The monoisotopic (exact) mass is 556 g/mol. The molecular formula is C29H36N10O2. The van der Waals surface area contributed by atoms with E-state index in [0.717, 1.165) is 60.4 Å². The molecule has 41 heavy (non-hydrogen) atoms. The first-order chi connectivity index (χ1) is 19.6. The van der Waals surface area contributed by atoms with Crippen LogP contribution in [0.4, 0.5) is 11.6 Å². The van der Waals surface area contributed by atoms with Crippen LogP contribution < -0.4 is 10.6 Å². The number of aliphatic hydroxyl groups is 1. The maximum absolute atomic E-state index is 13.3. The van der Waals surface area contributed by atoms with Crippen LogP contribution in [0.15, 0.2) is 49.1 Å². The van der Waals surface area contributed by atoms with Crippen LogP contribution in [0.3, 0.4) is 0 Å². The number of aliphatic hydroxyl groups excluding tert-OH is 1. The third-order valence-electron chi connectivity index (χ3n) is 7.83. The Kier molecular flexibility index (Phi) is 7.04. The second-order valence-electron chi connectivity index (χ2n) is 12.0. The van der Waals surface area contributed by atoms with Gasteiger partial charge < -0.3 is 15.7 Å². The molecule has 1 aliphatic carbocycles. The van der Waals surface area contributed by atoms with E-state index in [4.69, 9.17) is 4.98 Å². The molecule has 1 saturated carbocycles. The smallest absolute Gasteiger partial charge is 0.273 e. The van der Waals surface area contributed by atoms with Crippen molar-refractivity contribution in [3.63, 3.8) is 0 Å². The van der Waals surface area contributed by atoms with Gasteiger partial charge in [-0.1, -0.05) is 17.3 Å². The molecule has 0 radical (unpaired) electrons. The minimum Gasteiger partial charge on any atom is -0.393 e. The summed E-state index contributed by atoms with van der Waals surface area (Å²) in [7, 11) is 1.86. The van der Waals surface area contributed by atoms with E-state index in [0.29, 0.717) is 17.7 Å². The Labute approximate surface area is 238 Å². The van der Waals surface area contributed by atoms with E-state index in [-0.39, 0.29) is 23.6 Å². The summed E-state index contributed by atoms with van der Waals surface area (Å²) in [5.41, 5.74) is 4.82. The van der Waals surface area contributed by atoms with E-state index in [1.54, 1.807) is 28.0 Å². The van der Waals surface area contributed by atoms with Gasteiger partial charge in [-0.3, -0.25) is 14.4 Å². The number of hydrogen-bond acceptors (Lipinski definition) is 9.